The molecular weight excluding hydrogens is 269 g/mol. The van der Waals surface area contributed by atoms with Gasteiger partial charge in [0.25, 0.3) is 0 Å². The largest absolute Gasteiger partial charge is 0.494 e. The molecule has 2 rings (SSSR count). The highest BCUT2D eigenvalue weighted by Gasteiger charge is 2.02. The monoisotopic (exact) mass is 285 g/mol. The third-order valence-corrected chi connectivity index (χ3v) is 2.75. The highest BCUT2D eigenvalue weighted by Crippen LogP contribution is 2.14. The van der Waals surface area contributed by atoms with Gasteiger partial charge in [0, 0.05) is 6.08 Å². The maximum absolute atomic E-state index is 13.4. The Kier molecular flexibility index (Phi) is 5.10. The second kappa shape index (κ2) is 7.24. The topological polar surface area (TPSA) is 38.3 Å². The van der Waals surface area contributed by atoms with Gasteiger partial charge in [-0.25, -0.2) is 4.39 Å². The van der Waals surface area contributed by atoms with Gasteiger partial charge in [-0.15, -0.1) is 0 Å². The summed E-state index contributed by atoms with van der Waals surface area (Å²) in [7, 11) is 0. The molecule has 2 aromatic rings. The lowest BCUT2D eigenvalue weighted by Crippen LogP contribution is -2.08. The summed E-state index contributed by atoms with van der Waals surface area (Å²) >= 11 is 0. The number of amides is 1. The number of hydrogen-bond acceptors (Lipinski definition) is 2. The van der Waals surface area contributed by atoms with Crippen LogP contribution in [0.5, 0.6) is 5.75 Å². The maximum atomic E-state index is 13.4. The number of anilines is 1. The van der Waals surface area contributed by atoms with Gasteiger partial charge in [0.1, 0.15) is 11.6 Å². The predicted octanol–water partition coefficient (Wildman–Crippen LogP) is 3.88. The second-order valence-electron chi connectivity index (χ2n) is 4.30. The Balaban J connectivity index is 1.97. The number of hydrogen-bond donors (Lipinski definition) is 1. The molecule has 0 aromatic heterocycles. The fourth-order valence-corrected chi connectivity index (χ4v) is 1.75. The molecule has 0 heterocycles. The number of ether oxygens (including phenoxy) is 1. The van der Waals surface area contributed by atoms with Crippen molar-refractivity contribution in [2.75, 3.05) is 11.9 Å². The smallest absolute Gasteiger partial charge is 0.248 e. The number of para-hydroxylation sites is 1. The van der Waals surface area contributed by atoms with Crippen molar-refractivity contribution in [3.8, 4) is 5.75 Å². The zero-order valence-corrected chi connectivity index (χ0v) is 11.7. The van der Waals surface area contributed by atoms with Crippen LogP contribution in [0.15, 0.2) is 54.6 Å². The van der Waals surface area contributed by atoms with Crippen LogP contribution in [0.1, 0.15) is 12.5 Å². The van der Waals surface area contributed by atoms with Crippen molar-refractivity contribution in [2.24, 2.45) is 0 Å². The van der Waals surface area contributed by atoms with Gasteiger partial charge in [0.2, 0.25) is 5.91 Å². The Labute approximate surface area is 123 Å². The standard InChI is InChI=1S/C17H16FNO2/c1-2-21-14-10-7-13(8-11-14)9-12-17(20)19-16-6-4-3-5-15(16)18/h3-12H,2H2,1H3,(H,19,20). The highest BCUT2D eigenvalue weighted by molar-refractivity contribution is 6.01. The average molecular weight is 285 g/mol. The van der Waals surface area contributed by atoms with E-state index in [-0.39, 0.29) is 11.6 Å². The zero-order chi connectivity index (χ0) is 15.1. The molecule has 0 unspecified atom stereocenters. The molecule has 4 heteroatoms. The number of carbonyl (C=O) groups excluding carboxylic acids is 1. The highest BCUT2D eigenvalue weighted by atomic mass is 19.1. The zero-order valence-electron chi connectivity index (χ0n) is 11.7. The first-order valence-electron chi connectivity index (χ1n) is 6.65. The molecule has 0 radical (unpaired) electrons. The molecule has 2 aromatic carbocycles. The molecule has 0 aliphatic carbocycles. The van der Waals surface area contributed by atoms with Gasteiger partial charge in [-0.3, -0.25) is 4.79 Å². The normalized spacial score (nSPS) is 10.6. The number of nitrogens with one attached hydrogen (secondary N) is 1. The van der Waals surface area contributed by atoms with E-state index < -0.39 is 5.82 Å². The molecule has 21 heavy (non-hydrogen) atoms. The van der Waals surface area contributed by atoms with E-state index in [0.717, 1.165) is 11.3 Å². The fourth-order valence-electron chi connectivity index (χ4n) is 1.75. The van der Waals surface area contributed by atoms with Crippen molar-refractivity contribution in [1.29, 1.82) is 0 Å². The quantitative estimate of drug-likeness (QED) is 0.847. The maximum Gasteiger partial charge on any atom is 0.248 e. The summed E-state index contributed by atoms with van der Waals surface area (Å²) in [6.07, 6.45) is 3.02. The molecular formula is C17H16FNO2. The Morgan fingerprint density at radius 3 is 2.57 bits per heavy atom. The molecule has 0 aliphatic heterocycles. The molecule has 0 saturated carbocycles. The number of rotatable bonds is 5. The van der Waals surface area contributed by atoms with Gasteiger partial charge < -0.3 is 10.1 Å². The third kappa shape index (κ3) is 4.45. The van der Waals surface area contributed by atoms with E-state index in [9.17, 15) is 9.18 Å². The minimum absolute atomic E-state index is 0.166. The average Bonchev–Trinajstić information content (AvgIpc) is 2.49. The molecule has 3 nitrogen and oxygen atoms in total. The summed E-state index contributed by atoms with van der Waals surface area (Å²) in [6, 6.07) is 13.4. The molecule has 1 amide bonds. The summed E-state index contributed by atoms with van der Waals surface area (Å²) in [6.45, 7) is 2.53. The lowest BCUT2D eigenvalue weighted by Gasteiger charge is -2.03. The van der Waals surface area contributed by atoms with E-state index in [0.29, 0.717) is 6.61 Å². The molecule has 108 valence electrons. The van der Waals surface area contributed by atoms with E-state index in [1.807, 2.05) is 31.2 Å². The minimum atomic E-state index is -0.458. The van der Waals surface area contributed by atoms with E-state index in [2.05, 4.69) is 5.32 Å². The van der Waals surface area contributed by atoms with E-state index in [4.69, 9.17) is 4.74 Å². The third-order valence-electron chi connectivity index (χ3n) is 2.75. The Morgan fingerprint density at radius 1 is 1.19 bits per heavy atom. The van der Waals surface area contributed by atoms with E-state index in [1.54, 1.807) is 18.2 Å². The van der Waals surface area contributed by atoms with Gasteiger partial charge in [-0.05, 0) is 42.8 Å². The van der Waals surface area contributed by atoms with E-state index in [1.165, 1.54) is 18.2 Å². The summed E-state index contributed by atoms with van der Waals surface area (Å²) in [5, 5.41) is 2.49. The van der Waals surface area contributed by atoms with Crippen molar-refractivity contribution in [3.05, 3.63) is 66.0 Å². The lowest BCUT2D eigenvalue weighted by atomic mass is 10.2. The summed E-state index contributed by atoms with van der Waals surface area (Å²) in [4.78, 5) is 11.7. The van der Waals surface area contributed by atoms with Crippen molar-refractivity contribution >= 4 is 17.7 Å². The summed E-state index contributed by atoms with van der Waals surface area (Å²) in [5.74, 6) is -0.0558. The van der Waals surface area contributed by atoms with Gasteiger partial charge >= 0.3 is 0 Å². The van der Waals surface area contributed by atoms with Gasteiger partial charge in [-0.2, -0.15) is 0 Å². The molecule has 0 aliphatic rings. The van der Waals surface area contributed by atoms with Gasteiger partial charge in [-0.1, -0.05) is 24.3 Å². The Hall–Kier alpha value is -2.62. The van der Waals surface area contributed by atoms with Crippen LogP contribution >= 0.6 is 0 Å². The Morgan fingerprint density at radius 2 is 1.90 bits per heavy atom. The first-order chi connectivity index (χ1) is 10.2. The van der Waals surface area contributed by atoms with Crippen LogP contribution in [0, 0.1) is 5.82 Å². The summed E-state index contributed by atoms with van der Waals surface area (Å²) < 4.78 is 18.7. The van der Waals surface area contributed by atoms with Crippen LogP contribution in [0.2, 0.25) is 0 Å². The van der Waals surface area contributed by atoms with Crippen LogP contribution < -0.4 is 10.1 Å². The van der Waals surface area contributed by atoms with Crippen molar-refractivity contribution in [3.63, 3.8) is 0 Å². The predicted molar refractivity (Wildman–Crippen MR) is 81.7 cm³/mol. The van der Waals surface area contributed by atoms with Crippen LogP contribution in [-0.4, -0.2) is 12.5 Å². The number of benzene rings is 2. The Bertz CT molecular complexity index is 635. The SMILES string of the molecule is CCOc1ccc(C=CC(=O)Nc2ccccc2F)cc1. The van der Waals surface area contributed by atoms with Gasteiger partial charge in [0.15, 0.2) is 0 Å². The van der Waals surface area contributed by atoms with Crippen LogP contribution in [0.4, 0.5) is 10.1 Å². The lowest BCUT2D eigenvalue weighted by molar-refractivity contribution is -0.111. The van der Waals surface area contributed by atoms with Crippen LogP contribution in [-0.2, 0) is 4.79 Å². The minimum Gasteiger partial charge on any atom is -0.494 e. The second-order valence-corrected chi connectivity index (χ2v) is 4.30. The number of carbonyl (C=O) groups is 1. The van der Waals surface area contributed by atoms with Crippen molar-refractivity contribution in [1.82, 2.24) is 0 Å². The summed E-state index contributed by atoms with van der Waals surface area (Å²) in [5.41, 5.74) is 1.03. The number of halogens is 1. The van der Waals surface area contributed by atoms with Crippen LogP contribution in [0.3, 0.4) is 0 Å². The molecule has 0 atom stereocenters. The molecule has 0 saturated heterocycles. The van der Waals surface area contributed by atoms with Crippen molar-refractivity contribution in [2.45, 2.75) is 6.92 Å². The van der Waals surface area contributed by atoms with Crippen LogP contribution in [0.25, 0.3) is 6.08 Å². The molecule has 0 bridgehead atoms. The van der Waals surface area contributed by atoms with Crippen molar-refractivity contribution < 1.29 is 13.9 Å². The molecule has 0 fully saturated rings. The fraction of sp³-hybridized carbons (Fsp3) is 0.118. The molecule has 1 N–H and O–H groups in total. The first-order valence-corrected chi connectivity index (χ1v) is 6.65. The van der Waals surface area contributed by atoms with Gasteiger partial charge in [0.05, 0.1) is 12.3 Å². The molecule has 0 spiro atoms. The first kappa shape index (κ1) is 14.8. The van der Waals surface area contributed by atoms with E-state index >= 15 is 0 Å².